The molecule has 0 bridgehead atoms. The maximum Gasteiger partial charge on any atom is 0.348 e. The average Bonchev–Trinajstić information content (AvgIpc) is 2.63. The van der Waals surface area contributed by atoms with Gasteiger partial charge in [0.1, 0.15) is 0 Å². The molecule has 2 atom stereocenters. The molecular formula is C22H28F4O2Si2. The van der Waals surface area contributed by atoms with Crippen LogP contribution in [-0.2, 0) is 20.1 Å². The first-order valence-corrected chi connectivity index (χ1v) is 16.7. The van der Waals surface area contributed by atoms with Crippen molar-refractivity contribution in [2.45, 2.75) is 62.3 Å². The van der Waals surface area contributed by atoms with Crippen LogP contribution in [0.15, 0.2) is 60.7 Å². The summed E-state index contributed by atoms with van der Waals surface area (Å²) in [7, 11) is -5.54. The third kappa shape index (κ3) is 3.11. The van der Waals surface area contributed by atoms with Crippen molar-refractivity contribution in [3.05, 3.63) is 71.8 Å². The number of hydrogen-bond donors (Lipinski definition) is 0. The summed E-state index contributed by atoms with van der Waals surface area (Å²) in [5, 5.41) is 0. The third-order valence-corrected chi connectivity index (χ3v) is 6.89. The fourth-order valence-electron chi connectivity index (χ4n) is 4.24. The fourth-order valence-corrected chi connectivity index (χ4v) is 6.86. The summed E-state index contributed by atoms with van der Waals surface area (Å²) in [6.07, 6.45) is 0. The van der Waals surface area contributed by atoms with Gasteiger partial charge in [0.15, 0.2) is 27.8 Å². The van der Waals surface area contributed by atoms with Crippen LogP contribution >= 0.6 is 0 Å². The van der Waals surface area contributed by atoms with Crippen molar-refractivity contribution in [2.75, 3.05) is 0 Å². The molecule has 0 N–H and O–H groups in total. The SMILES string of the molecule is C[Si](C)(C)O[C@]1(c2ccccc2)C(F)(F)C(F)(F)[C@]1(O[Si](C)(C)C)c1ccccc1. The lowest BCUT2D eigenvalue weighted by Gasteiger charge is -2.68. The smallest absolute Gasteiger partial charge is 0.348 e. The molecule has 1 aliphatic rings. The van der Waals surface area contributed by atoms with Gasteiger partial charge in [0.05, 0.1) is 0 Å². The summed E-state index contributed by atoms with van der Waals surface area (Å²) < 4.78 is 75.0. The monoisotopic (exact) mass is 456 g/mol. The molecule has 8 heteroatoms. The highest BCUT2D eigenvalue weighted by molar-refractivity contribution is 6.70. The van der Waals surface area contributed by atoms with E-state index >= 15 is 17.6 Å². The molecule has 0 saturated heterocycles. The Morgan fingerprint density at radius 3 is 1.03 bits per heavy atom. The predicted molar refractivity (Wildman–Crippen MR) is 115 cm³/mol. The number of hydrogen-bond acceptors (Lipinski definition) is 2. The number of halogens is 4. The second-order valence-electron chi connectivity index (χ2n) is 9.67. The number of benzene rings is 2. The van der Waals surface area contributed by atoms with E-state index in [4.69, 9.17) is 8.85 Å². The molecule has 2 aromatic carbocycles. The van der Waals surface area contributed by atoms with E-state index in [0.29, 0.717) is 0 Å². The summed E-state index contributed by atoms with van der Waals surface area (Å²) in [5.74, 6) is -8.95. The lowest BCUT2D eigenvalue weighted by Crippen LogP contribution is -2.88. The lowest BCUT2D eigenvalue weighted by molar-refractivity contribution is -0.478. The van der Waals surface area contributed by atoms with Crippen LogP contribution in [0.4, 0.5) is 17.6 Å². The van der Waals surface area contributed by atoms with Gasteiger partial charge in [-0.05, 0) is 50.4 Å². The molecule has 0 amide bonds. The number of alkyl halides is 4. The fraction of sp³-hybridized carbons (Fsp3) is 0.455. The maximum atomic E-state index is 15.7. The van der Waals surface area contributed by atoms with Crippen LogP contribution in [0.25, 0.3) is 0 Å². The quantitative estimate of drug-likeness (QED) is 0.353. The molecule has 164 valence electrons. The zero-order chi connectivity index (χ0) is 22.6. The molecule has 0 radical (unpaired) electrons. The van der Waals surface area contributed by atoms with Gasteiger partial charge < -0.3 is 8.85 Å². The Hall–Kier alpha value is -1.49. The largest absolute Gasteiger partial charge is 0.400 e. The van der Waals surface area contributed by atoms with Gasteiger partial charge in [-0.15, -0.1) is 0 Å². The minimum absolute atomic E-state index is 0.00884. The van der Waals surface area contributed by atoms with Gasteiger partial charge in [0, 0.05) is 0 Å². The Morgan fingerprint density at radius 1 is 0.533 bits per heavy atom. The summed E-state index contributed by atoms with van der Waals surface area (Å²) in [4.78, 5) is 0. The molecule has 1 fully saturated rings. The van der Waals surface area contributed by atoms with E-state index in [2.05, 4.69) is 0 Å². The minimum Gasteiger partial charge on any atom is -0.400 e. The molecule has 0 aromatic heterocycles. The first kappa shape index (κ1) is 23.2. The van der Waals surface area contributed by atoms with Gasteiger partial charge in [-0.2, -0.15) is 17.6 Å². The van der Waals surface area contributed by atoms with E-state index in [1.165, 1.54) is 24.3 Å². The molecule has 1 aliphatic carbocycles. The van der Waals surface area contributed by atoms with Crippen LogP contribution in [0.1, 0.15) is 11.1 Å². The Bertz CT molecular complexity index is 819. The third-order valence-electron chi connectivity index (χ3n) is 5.05. The van der Waals surface area contributed by atoms with Crippen molar-refractivity contribution in [1.82, 2.24) is 0 Å². The first-order chi connectivity index (χ1) is 13.6. The molecular weight excluding hydrogens is 428 g/mol. The topological polar surface area (TPSA) is 18.5 Å². The maximum absolute atomic E-state index is 15.7. The highest BCUT2D eigenvalue weighted by Crippen LogP contribution is 2.76. The molecule has 0 unspecified atom stereocenters. The van der Waals surface area contributed by atoms with Crippen LogP contribution in [0, 0.1) is 0 Å². The van der Waals surface area contributed by atoms with Crippen LogP contribution in [0.5, 0.6) is 0 Å². The first-order valence-electron chi connectivity index (χ1n) is 9.89. The Morgan fingerprint density at radius 2 is 0.800 bits per heavy atom. The molecule has 2 aromatic rings. The Balaban J connectivity index is 2.47. The van der Waals surface area contributed by atoms with Crippen molar-refractivity contribution in [1.29, 1.82) is 0 Å². The van der Waals surface area contributed by atoms with Crippen molar-refractivity contribution in [3.63, 3.8) is 0 Å². The minimum atomic E-state index is -4.48. The summed E-state index contributed by atoms with van der Waals surface area (Å²) in [5.41, 5.74) is -5.33. The second-order valence-corrected chi connectivity index (χ2v) is 18.5. The number of rotatable bonds is 6. The van der Waals surface area contributed by atoms with E-state index < -0.39 is 39.7 Å². The summed E-state index contributed by atoms with van der Waals surface area (Å²) >= 11 is 0. The zero-order valence-electron chi connectivity index (χ0n) is 18.1. The molecule has 0 heterocycles. The van der Waals surface area contributed by atoms with Gasteiger partial charge in [0.2, 0.25) is 0 Å². The van der Waals surface area contributed by atoms with Crippen LogP contribution in [0.2, 0.25) is 39.3 Å². The van der Waals surface area contributed by atoms with Crippen molar-refractivity contribution >= 4 is 16.6 Å². The Labute approximate surface area is 177 Å². The van der Waals surface area contributed by atoms with Crippen molar-refractivity contribution in [2.24, 2.45) is 0 Å². The lowest BCUT2D eigenvalue weighted by atomic mass is 9.53. The summed E-state index contributed by atoms with van der Waals surface area (Å²) in [6, 6.07) is 15.2. The normalized spacial score (nSPS) is 28.1. The van der Waals surface area contributed by atoms with E-state index in [-0.39, 0.29) is 11.1 Å². The second kappa shape index (κ2) is 7.01. The van der Waals surface area contributed by atoms with Crippen molar-refractivity contribution in [3.8, 4) is 0 Å². The molecule has 0 spiro atoms. The molecule has 2 nitrogen and oxygen atoms in total. The van der Waals surface area contributed by atoms with Gasteiger partial charge in [-0.3, -0.25) is 0 Å². The van der Waals surface area contributed by atoms with Gasteiger partial charge in [-0.1, -0.05) is 60.7 Å². The van der Waals surface area contributed by atoms with E-state index in [1.807, 2.05) is 0 Å². The highest BCUT2D eigenvalue weighted by Gasteiger charge is 2.97. The van der Waals surface area contributed by atoms with Crippen LogP contribution < -0.4 is 0 Å². The van der Waals surface area contributed by atoms with E-state index in [1.54, 1.807) is 75.7 Å². The Kier molecular flexibility index (Phi) is 5.42. The zero-order valence-corrected chi connectivity index (χ0v) is 20.1. The van der Waals surface area contributed by atoms with Gasteiger partial charge in [-0.25, -0.2) is 0 Å². The van der Waals surface area contributed by atoms with Gasteiger partial charge in [0.25, 0.3) is 0 Å². The van der Waals surface area contributed by atoms with E-state index in [0.717, 1.165) is 0 Å². The van der Waals surface area contributed by atoms with Crippen LogP contribution in [-0.4, -0.2) is 28.5 Å². The molecule has 30 heavy (non-hydrogen) atoms. The highest BCUT2D eigenvalue weighted by atomic mass is 28.4. The summed E-state index contributed by atoms with van der Waals surface area (Å²) in [6.45, 7) is 10.3. The molecule has 3 rings (SSSR count). The van der Waals surface area contributed by atoms with Crippen molar-refractivity contribution < 1.29 is 26.4 Å². The van der Waals surface area contributed by atoms with E-state index in [9.17, 15) is 0 Å². The van der Waals surface area contributed by atoms with Gasteiger partial charge >= 0.3 is 11.8 Å². The standard InChI is InChI=1S/C22H28F4O2Si2/c1-29(2,3)27-19(17-13-9-7-10-14-17)20(28-30(4,5)6,18-15-11-8-12-16-18)22(25,26)21(19,23)24/h7-16H,1-6H3/t19-,20-/m0/s1. The average molecular weight is 457 g/mol. The predicted octanol–water partition coefficient (Wildman–Crippen LogP) is 6.76. The molecule has 0 aliphatic heterocycles. The molecule has 1 saturated carbocycles. The van der Waals surface area contributed by atoms with Crippen LogP contribution in [0.3, 0.4) is 0 Å².